The summed E-state index contributed by atoms with van der Waals surface area (Å²) < 4.78 is 0. The Morgan fingerprint density at radius 1 is 1.82 bits per heavy atom. The van der Waals surface area contributed by atoms with Crippen molar-refractivity contribution in [2.24, 2.45) is 5.73 Å². The van der Waals surface area contributed by atoms with Crippen LogP contribution in [0.4, 0.5) is 0 Å². The maximum Gasteiger partial charge on any atom is 0.214 e. The van der Waals surface area contributed by atoms with Crippen LogP contribution in [0.1, 0.15) is 17.5 Å². The standard InChI is InChI=1S/C6H9N3O.ClH/c1-4(7)5(10)6-8-2-3-9-6;/h2-4H,7H2,1H3,(H,8,9);1H/t4-;/m0./s1. The Morgan fingerprint density at radius 3 is 2.82 bits per heavy atom. The topological polar surface area (TPSA) is 71.8 Å². The second kappa shape index (κ2) is 4.10. The molecule has 0 amide bonds. The first kappa shape index (κ1) is 10.1. The van der Waals surface area contributed by atoms with E-state index >= 15 is 0 Å². The maximum absolute atomic E-state index is 11.0. The van der Waals surface area contributed by atoms with Crippen molar-refractivity contribution in [2.45, 2.75) is 13.0 Å². The third-order valence-electron chi connectivity index (χ3n) is 1.15. The first-order chi connectivity index (χ1) is 4.72. The largest absolute Gasteiger partial charge is 0.342 e. The smallest absolute Gasteiger partial charge is 0.214 e. The molecule has 3 N–H and O–H groups in total. The van der Waals surface area contributed by atoms with Crippen molar-refractivity contribution in [3.63, 3.8) is 0 Å². The molecule has 0 saturated heterocycles. The molecule has 62 valence electrons. The molecule has 0 aromatic carbocycles. The van der Waals surface area contributed by atoms with E-state index < -0.39 is 6.04 Å². The summed E-state index contributed by atoms with van der Waals surface area (Å²) >= 11 is 0. The molecule has 0 aliphatic rings. The van der Waals surface area contributed by atoms with Gasteiger partial charge >= 0.3 is 0 Å². The molecule has 1 atom stereocenters. The average molecular weight is 176 g/mol. The summed E-state index contributed by atoms with van der Waals surface area (Å²) in [7, 11) is 0. The van der Waals surface area contributed by atoms with Crippen LogP contribution < -0.4 is 5.73 Å². The van der Waals surface area contributed by atoms with Crippen LogP contribution in [-0.2, 0) is 0 Å². The number of ketones is 1. The number of aromatic nitrogens is 2. The predicted molar refractivity (Wildman–Crippen MR) is 43.8 cm³/mol. The number of H-pyrrole nitrogens is 1. The van der Waals surface area contributed by atoms with E-state index in [0.29, 0.717) is 5.82 Å². The molecule has 1 rings (SSSR count). The van der Waals surface area contributed by atoms with Crippen molar-refractivity contribution in [1.82, 2.24) is 9.97 Å². The number of Topliss-reactive ketones (excluding diaryl/α,β-unsaturated/α-hetero) is 1. The van der Waals surface area contributed by atoms with Gasteiger partial charge in [-0.25, -0.2) is 4.98 Å². The number of carbonyl (C=O) groups excluding carboxylic acids is 1. The van der Waals surface area contributed by atoms with Crippen molar-refractivity contribution in [3.05, 3.63) is 18.2 Å². The number of hydrogen-bond acceptors (Lipinski definition) is 3. The highest BCUT2D eigenvalue weighted by Crippen LogP contribution is 1.92. The minimum absolute atomic E-state index is 0. The van der Waals surface area contributed by atoms with Crippen LogP contribution in [0.5, 0.6) is 0 Å². The number of imidazole rings is 1. The normalized spacial score (nSPS) is 11.8. The highest BCUT2D eigenvalue weighted by atomic mass is 35.5. The van der Waals surface area contributed by atoms with Crippen molar-refractivity contribution >= 4 is 18.2 Å². The predicted octanol–water partition coefficient (Wildman–Crippen LogP) is 0.361. The van der Waals surface area contributed by atoms with Crippen molar-refractivity contribution < 1.29 is 4.79 Å². The van der Waals surface area contributed by atoms with Crippen molar-refractivity contribution in [1.29, 1.82) is 0 Å². The first-order valence-corrected chi connectivity index (χ1v) is 3.01. The summed E-state index contributed by atoms with van der Waals surface area (Å²) in [6.45, 7) is 1.63. The van der Waals surface area contributed by atoms with E-state index in [2.05, 4.69) is 9.97 Å². The summed E-state index contributed by atoms with van der Waals surface area (Å²) in [5.41, 5.74) is 5.32. The Morgan fingerprint density at radius 2 is 2.45 bits per heavy atom. The summed E-state index contributed by atoms with van der Waals surface area (Å²) in [5.74, 6) is 0.167. The van der Waals surface area contributed by atoms with Gasteiger partial charge in [0.1, 0.15) is 0 Å². The maximum atomic E-state index is 11.0. The number of carbonyl (C=O) groups is 1. The van der Waals surface area contributed by atoms with Gasteiger partial charge in [0.25, 0.3) is 0 Å². The molecule has 5 heteroatoms. The lowest BCUT2D eigenvalue weighted by Crippen LogP contribution is -2.27. The van der Waals surface area contributed by atoms with E-state index in [-0.39, 0.29) is 18.2 Å². The Hall–Kier alpha value is -0.870. The van der Waals surface area contributed by atoms with Gasteiger partial charge in [-0.05, 0) is 6.92 Å². The summed E-state index contributed by atoms with van der Waals surface area (Å²) in [4.78, 5) is 17.4. The van der Waals surface area contributed by atoms with Crippen LogP contribution in [0.15, 0.2) is 12.4 Å². The third kappa shape index (κ3) is 2.32. The van der Waals surface area contributed by atoms with E-state index in [9.17, 15) is 4.79 Å². The molecule has 1 aromatic rings. The zero-order valence-corrected chi connectivity index (χ0v) is 6.89. The van der Waals surface area contributed by atoms with E-state index in [1.807, 2.05) is 0 Å². The summed E-state index contributed by atoms with van der Waals surface area (Å²) in [6.07, 6.45) is 3.12. The van der Waals surface area contributed by atoms with Crippen LogP contribution in [0.25, 0.3) is 0 Å². The highest BCUT2D eigenvalue weighted by molar-refractivity contribution is 5.96. The molecule has 1 aromatic heterocycles. The van der Waals surface area contributed by atoms with E-state index in [4.69, 9.17) is 5.73 Å². The van der Waals surface area contributed by atoms with Gasteiger partial charge in [0.05, 0.1) is 6.04 Å². The number of nitrogens with one attached hydrogen (secondary N) is 1. The fourth-order valence-electron chi connectivity index (χ4n) is 0.616. The van der Waals surface area contributed by atoms with Crippen LogP contribution in [0, 0.1) is 0 Å². The van der Waals surface area contributed by atoms with Crippen LogP contribution in [0.3, 0.4) is 0 Å². The Kier molecular flexibility index (Phi) is 3.78. The second-order valence-electron chi connectivity index (χ2n) is 2.09. The van der Waals surface area contributed by atoms with Crippen molar-refractivity contribution in [3.8, 4) is 0 Å². The molecule has 0 aliphatic carbocycles. The zero-order valence-electron chi connectivity index (χ0n) is 6.07. The molecule has 0 bridgehead atoms. The zero-order chi connectivity index (χ0) is 7.56. The van der Waals surface area contributed by atoms with Gasteiger partial charge in [-0.15, -0.1) is 12.4 Å². The lowest BCUT2D eigenvalue weighted by molar-refractivity contribution is 0.0959. The summed E-state index contributed by atoms with van der Waals surface area (Å²) in [6, 6.07) is -0.480. The quantitative estimate of drug-likeness (QED) is 0.638. The number of hydrogen-bond donors (Lipinski definition) is 2. The van der Waals surface area contributed by atoms with Crippen LogP contribution in [0.2, 0.25) is 0 Å². The van der Waals surface area contributed by atoms with E-state index in [0.717, 1.165) is 0 Å². The molecular weight excluding hydrogens is 166 g/mol. The fourth-order valence-corrected chi connectivity index (χ4v) is 0.616. The number of halogens is 1. The Bertz CT molecular complexity index is 220. The molecule has 0 aliphatic heterocycles. The van der Waals surface area contributed by atoms with Crippen molar-refractivity contribution in [2.75, 3.05) is 0 Å². The van der Waals surface area contributed by atoms with Crippen LogP contribution >= 0.6 is 12.4 Å². The van der Waals surface area contributed by atoms with E-state index in [1.165, 1.54) is 6.20 Å². The molecule has 11 heavy (non-hydrogen) atoms. The van der Waals surface area contributed by atoms with Gasteiger partial charge in [0.15, 0.2) is 5.82 Å². The molecule has 0 unspecified atom stereocenters. The van der Waals surface area contributed by atoms with Gasteiger partial charge in [0.2, 0.25) is 5.78 Å². The van der Waals surface area contributed by atoms with Gasteiger partial charge in [-0.1, -0.05) is 0 Å². The number of nitrogens with zero attached hydrogens (tertiary/aromatic N) is 1. The highest BCUT2D eigenvalue weighted by Gasteiger charge is 2.11. The summed E-state index contributed by atoms with van der Waals surface area (Å²) in [5, 5.41) is 0. The fraction of sp³-hybridized carbons (Fsp3) is 0.333. The molecule has 0 saturated carbocycles. The minimum atomic E-state index is -0.480. The van der Waals surface area contributed by atoms with Gasteiger partial charge in [-0.3, -0.25) is 4.79 Å². The number of rotatable bonds is 2. The molecule has 1 heterocycles. The minimum Gasteiger partial charge on any atom is -0.342 e. The van der Waals surface area contributed by atoms with Gasteiger partial charge in [0, 0.05) is 12.4 Å². The van der Waals surface area contributed by atoms with Gasteiger partial charge < -0.3 is 10.7 Å². The molecular formula is C6H10ClN3O. The van der Waals surface area contributed by atoms with E-state index in [1.54, 1.807) is 13.1 Å². The molecule has 4 nitrogen and oxygen atoms in total. The SMILES string of the molecule is C[C@H](N)C(=O)c1ncc[nH]1.Cl. The number of aromatic amines is 1. The average Bonchev–Trinajstić information content (AvgIpc) is 2.36. The monoisotopic (exact) mass is 175 g/mol. The third-order valence-corrected chi connectivity index (χ3v) is 1.15. The van der Waals surface area contributed by atoms with Crippen LogP contribution in [-0.4, -0.2) is 21.8 Å². The lowest BCUT2D eigenvalue weighted by Gasteiger charge is -1.98. The Labute approximate surface area is 70.6 Å². The van der Waals surface area contributed by atoms with Gasteiger partial charge in [-0.2, -0.15) is 0 Å². The molecule has 0 radical (unpaired) electrons. The lowest BCUT2D eigenvalue weighted by atomic mass is 10.2. The second-order valence-corrected chi connectivity index (χ2v) is 2.09. The number of nitrogens with two attached hydrogens (primary N) is 1. The molecule has 0 fully saturated rings. The molecule has 0 spiro atoms. The first-order valence-electron chi connectivity index (χ1n) is 3.01. The Balaban J connectivity index is 0.000001000.